The molecular formula is C11H15NO3. The van der Waals surface area contributed by atoms with Crippen LogP contribution in [0.1, 0.15) is 25.5 Å². The Labute approximate surface area is 88.9 Å². The summed E-state index contributed by atoms with van der Waals surface area (Å²) in [7, 11) is 1.55. The van der Waals surface area contributed by atoms with Gasteiger partial charge < -0.3 is 9.84 Å². The molecule has 4 heteroatoms. The third-order valence-electron chi connectivity index (χ3n) is 2.24. The largest absolute Gasteiger partial charge is 0.497 e. The zero-order valence-electron chi connectivity index (χ0n) is 9.10. The quantitative estimate of drug-likeness (QED) is 0.822. The minimum absolute atomic E-state index is 0.00195. The second kappa shape index (κ2) is 4.77. The van der Waals surface area contributed by atoms with Crippen molar-refractivity contribution in [2.24, 2.45) is 5.92 Å². The van der Waals surface area contributed by atoms with Crippen LogP contribution < -0.4 is 4.74 Å². The van der Waals surface area contributed by atoms with Crippen molar-refractivity contribution in [2.75, 3.05) is 7.11 Å². The maximum atomic E-state index is 11.1. The third-order valence-corrected chi connectivity index (χ3v) is 2.24. The van der Waals surface area contributed by atoms with Crippen LogP contribution in [-0.2, 0) is 4.79 Å². The Balaban J connectivity index is 3.05. The molecule has 1 aromatic heterocycles. The minimum Gasteiger partial charge on any atom is -0.497 e. The van der Waals surface area contributed by atoms with Gasteiger partial charge in [0.1, 0.15) is 11.7 Å². The molecule has 1 atom stereocenters. The number of rotatable bonds is 4. The van der Waals surface area contributed by atoms with E-state index in [-0.39, 0.29) is 5.92 Å². The molecule has 0 amide bonds. The Morgan fingerprint density at radius 1 is 1.53 bits per heavy atom. The van der Waals surface area contributed by atoms with Crippen LogP contribution in [0, 0.1) is 5.92 Å². The minimum atomic E-state index is -0.856. The van der Waals surface area contributed by atoms with Crippen molar-refractivity contribution in [3.63, 3.8) is 0 Å². The molecule has 1 N–H and O–H groups in total. The van der Waals surface area contributed by atoms with Gasteiger partial charge in [-0.25, -0.2) is 0 Å². The average molecular weight is 209 g/mol. The molecule has 0 spiro atoms. The molecule has 4 nitrogen and oxygen atoms in total. The van der Waals surface area contributed by atoms with E-state index >= 15 is 0 Å². The number of ether oxygens (including phenoxy) is 1. The first-order valence-electron chi connectivity index (χ1n) is 4.79. The fraction of sp³-hybridized carbons (Fsp3) is 0.455. The molecule has 0 aliphatic rings. The Bertz CT molecular complexity index is 349. The number of hydrogen-bond donors (Lipinski definition) is 1. The van der Waals surface area contributed by atoms with Crippen LogP contribution in [0.25, 0.3) is 0 Å². The highest BCUT2D eigenvalue weighted by molar-refractivity contribution is 5.75. The number of nitrogens with zero attached hydrogens (tertiary/aromatic N) is 1. The SMILES string of the molecule is COc1ccnc(C(C(=O)O)C(C)C)c1. The number of carboxylic acid groups (broad SMARTS) is 1. The van der Waals surface area contributed by atoms with Crippen LogP contribution in [0.4, 0.5) is 0 Å². The molecule has 0 aliphatic heterocycles. The Kier molecular flexibility index (Phi) is 3.66. The van der Waals surface area contributed by atoms with Crippen LogP contribution >= 0.6 is 0 Å². The Hall–Kier alpha value is -1.58. The van der Waals surface area contributed by atoms with Crippen molar-refractivity contribution in [3.05, 3.63) is 24.0 Å². The molecule has 1 aromatic rings. The van der Waals surface area contributed by atoms with Crippen LogP contribution in [0.15, 0.2) is 18.3 Å². The highest BCUT2D eigenvalue weighted by Crippen LogP contribution is 2.25. The lowest BCUT2D eigenvalue weighted by atomic mass is 9.92. The van der Waals surface area contributed by atoms with E-state index in [1.165, 1.54) is 0 Å². The fourth-order valence-corrected chi connectivity index (χ4v) is 1.48. The predicted octanol–water partition coefficient (Wildman–Crippen LogP) is 1.91. The molecule has 0 radical (unpaired) electrons. The molecule has 0 fully saturated rings. The van der Waals surface area contributed by atoms with Crippen molar-refractivity contribution in [1.82, 2.24) is 4.98 Å². The second-order valence-corrected chi connectivity index (χ2v) is 3.68. The van der Waals surface area contributed by atoms with Gasteiger partial charge in [0.05, 0.1) is 12.8 Å². The van der Waals surface area contributed by atoms with E-state index in [9.17, 15) is 4.79 Å². The number of aliphatic carboxylic acids is 1. The number of hydrogen-bond acceptors (Lipinski definition) is 3. The van der Waals surface area contributed by atoms with Gasteiger partial charge in [0, 0.05) is 12.3 Å². The molecule has 0 saturated heterocycles. The molecule has 0 saturated carbocycles. The summed E-state index contributed by atoms with van der Waals surface area (Å²) in [4.78, 5) is 15.1. The van der Waals surface area contributed by atoms with Crippen molar-refractivity contribution < 1.29 is 14.6 Å². The lowest BCUT2D eigenvalue weighted by molar-refractivity contribution is -0.140. The zero-order chi connectivity index (χ0) is 11.4. The summed E-state index contributed by atoms with van der Waals surface area (Å²) in [6.45, 7) is 3.72. The van der Waals surface area contributed by atoms with Crippen LogP contribution in [0.5, 0.6) is 5.75 Å². The van der Waals surface area contributed by atoms with Gasteiger partial charge in [-0.05, 0) is 12.0 Å². The highest BCUT2D eigenvalue weighted by atomic mass is 16.5. The normalized spacial score (nSPS) is 12.5. The molecule has 1 heterocycles. The molecule has 0 aromatic carbocycles. The molecular weight excluding hydrogens is 194 g/mol. The van der Waals surface area contributed by atoms with Crippen molar-refractivity contribution >= 4 is 5.97 Å². The second-order valence-electron chi connectivity index (χ2n) is 3.68. The molecule has 15 heavy (non-hydrogen) atoms. The average Bonchev–Trinajstić information content (AvgIpc) is 2.17. The van der Waals surface area contributed by atoms with E-state index in [0.717, 1.165) is 0 Å². The van der Waals surface area contributed by atoms with Gasteiger partial charge in [-0.2, -0.15) is 0 Å². The number of aromatic nitrogens is 1. The Morgan fingerprint density at radius 3 is 2.67 bits per heavy atom. The fourth-order valence-electron chi connectivity index (χ4n) is 1.48. The van der Waals surface area contributed by atoms with Gasteiger partial charge in [-0.1, -0.05) is 13.8 Å². The van der Waals surface area contributed by atoms with Gasteiger partial charge in [-0.3, -0.25) is 9.78 Å². The van der Waals surface area contributed by atoms with E-state index in [1.807, 2.05) is 13.8 Å². The predicted molar refractivity (Wildman–Crippen MR) is 56.0 cm³/mol. The summed E-state index contributed by atoms with van der Waals surface area (Å²) in [6, 6.07) is 3.36. The van der Waals surface area contributed by atoms with Gasteiger partial charge in [0.2, 0.25) is 0 Å². The molecule has 0 aliphatic carbocycles. The van der Waals surface area contributed by atoms with E-state index in [1.54, 1.807) is 25.4 Å². The van der Waals surface area contributed by atoms with E-state index < -0.39 is 11.9 Å². The number of methoxy groups -OCH3 is 1. The van der Waals surface area contributed by atoms with Gasteiger partial charge >= 0.3 is 5.97 Å². The molecule has 82 valence electrons. The van der Waals surface area contributed by atoms with E-state index in [0.29, 0.717) is 11.4 Å². The zero-order valence-corrected chi connectivity index (χ0v) is 9.10. The van der Waals surface area contributed by atoms with Crippen LogP contribution in [-0.4, -0.2) is 23.2 Å². The maximum absolute atomic E-state index is 11.1. The maximum Gasteiger partial charge on any atom is 0.312 e. The van der Waals surface area contributed by atoms with Crippen molar-refractivity contribution in [3.8, 4) is 5.75 Å². The van der Waals surface area contributed by atoms with Crippen molar-refractivity contribution in [1.29, 1.82) is 0 Å². The van der Waals surface area contributed by atoms with Crippen LogP contribution in [0.2, 0.25) is 0 Å². The number of carboxylic acids is 1. The summed E-state index contributed by atoms with van der Waals surface area (Å²) in [6.07, 6.45) is 1.56. The topological polar surface area (TPSA) is 59.4 Å². The lowest BCUT2D eigenvalue weighted by Crippen LogP contribution is -2.18. The summed E-state index contributed by atoms with van der Waals surface area (Å²) < 4.78 is 5.03. The smallest absolute Gasteiger partial charge is 0.312 e. The highest BCUT2D eigenvalue weighted by Gasteiger charge is 2.25. The summed E-state index contributed by atoms with van der Waals surface area (Å²) in [5, 5.41) is 9.08. The van der Waals surface area contributed by atoms with Crippen LogP contribution in [0.3, 0.4) is 0 Å². The summed E-state index contributed by atoms with van der Waals surface area (Å²) >= 11 is 0. The number of pyridine rings is 1. The molecule has 0 bridgehead atoms. The van der Waals surface area contributed by atoms with E-state index in [4.69, 9.17) is 9.84 Å². The lowest BCUT2D eigenvalue weighted by Gasteiger charge is -2.15. The monoisotopic (exact) mass is 209 g/mol. The first-order chi connectivity index (χ1) is 7.06. The van der Waals surface area contributed by atoms with E-state index in [2.05, 4.69) is 4.98 Å². The third kappa shape index (κ3) is 2.68. The number of carbonyl (C=O) groups is 1. The first-order valence-corrected chi connectivity index (χ1v) is 4.79. The van der Waals surface area contributed by atoms with Crippen molar-refractivity contribution in [2.45, 2.75) is 19.8 Å². The summed E-state index contributed by atoms with van der Waals surface area (Å²) in [5.74, 6) is -0.806. The summed E-state index contributed by atoms with van der Waals surface area (Å²) in [5.41, 5.74) is 0.539. The molecule has 1 unspecified atom stereocenters. The standard InChI is InChI=1S/C11H15NO3/c1-7(2)10(11(13)14)9-6-8(15-3)4-5-12-9/h4-7,10H,1-3H3,(H,13,14). The van der Waals surface area contributed by atoms with Gasteiger partial charge in [-0.15, -0.1) is 0 Å². The Morgan fingerprint density at radius 2 is 2.20 bits per heavy atom. The van der Waals surface area contributed by atoms with Gasteiger partial charge in [0.25, 0.3) is 0 Å². The molecule has 1 rings (SSSR count). The van der Waals surface area contributed by atoms with Gasteiger partial charge in [0.15, 0.2) is 0 Å². The first kappa shape index (κ1) is 11.5.